The fraction of sp³-hybridized carbons (Fsp3) is 0.250. The van der Waals surface area contributed by atoms with Gasteiger partial charge in [-0.25, -0.2) is 4.99 Å². The number of rotatable bonds is 1. The van der Waals surface area contributed by atoms with Gasteiger partial charge in [-0.2, -0.15) is 5.26 Å². The SMILES string of the molecule is CCc1cc(C#N)cc(C#CC2=CSCC(C)=N2)c1. The standard InChI is InChI=1S/C16H14N2S/c1-3-13-6-14(8-15(7-13)9-17)4-5-16-11-19-10-12(2)18-16/h6-8,11H,3,10H2,1-2H3. The average molecular weight is 266 g/mol. The maximum absolute atomic E-state index is 9.00. The van der Waals surface area contributed by atoms with E-state index in [1.165, 1.54) is 0 Å². The molecule has 0 radical (unpaired) electrons. The van der Waals surface area contributed by atoms with E-state index in [2.05, 4.69) is 29.8 Å². The van der Waals surface area contributed by atoms with E-state index < -0.39 is 0 Å². The molecule has 0 amide bonds. The Morgan fingerprint density at radius 1 is 1.26 bits per heavy atom. The molecule has 0 saturated heterocycles. The highest BCUT2D eigenvalue weighted by Crippen LogP contribution is 2.15. The van der Waals surface area contributed by atoms with Crippen molar-refractivity contribution in [2.75, 3.05) is 5.75 Å². The first kappa shape index (κ1) is 13.5. The van der Waals surface area contributed by atoms with Gasteiger partial charge in [-0.1, -0.05) is 12.8 Å². The van der Waals surface area contributed by atoms with Crippen molar-refractivity contribution in [3.8, 4) is 17.9 Å². The van der Waals surface area contributed by atoms with E-state index in [9.17, 15) is 0 Å². The monoisotopic (exact) mass is 266 g/mol. The number of benzene rings is 1. The number of aryl methyl sites for hydroxylation is 1. The number of aliphatic imine (C=N–C) groups is 1. The van der Waals surface area contributed by atoms with Crippen LogP contribution in [0.15, 0.2) is 34.3 Å². The summed E-state index contributed by atoms with van der Waals surface area (Å²) in [5.74, 6) is 7.10. The lowest BCUT2D eigenvalue weighted by Crippen LogP contribution is -1.98. The third-order valence-electron chi connectivity index (χ3n) is 2.66. The normalized spacial score (nSPS) is 13.7. The van der Waals surface area contributed by atoms with E-state index in [0.717, 1.165) is 34.7 Å². The van der Waals surface area contributed by atoms with Crippen LogP contribution in [0.5, 0.6) is 0 Å². The molecule has 1 aliphatic heterocycles. The van der Waals surface area contributed by atoms with Gasteiger partial charge in [-0.3, -0.25) is 0 Å². The highest BCUT2D eigenvalue weighted by atomic mass is 32.2. The Hall–Kier alpha value is -1.97. The van der Waals surface area contributed by atoms with E-state index in [1.54, 1.807) is 11.8 Å². The molecule has 0 aromatic heterocycles. The first-order chi connectivity index (χ1) is 9.21. The van der Waals surface area contributed by atoms with Gasteiger partial charge in [-0.05, 0) is 43.0 Å². The van der Waals surface area contributed by atoms with Crippen LogP contribution in [0.25, 0.3) is 0 Å². The van der Waals surface area contributed by atoms with E-state index >= 15 is 0 Å². The number of allylic oxidation sites excluding steroid dienone is 1. The fourth-order valence-corrected chi connectivity index (χ4v) is 2.39. The number of hydrogen-bond donors (Lipinski definition) is 0. The van der Waals surface area contributed by atoms with Crippen molar-refractivity contribution in [3.05, 3.63) is 46.0 Å². The Morgan fingerprint density at radius 3 is 2.74 bits per heavy atom. The summed E-state index contributed by atoms with van der Waals surface area (Å²) in [4.78, 5) is 4.40. The largest absolute Gasteiger partial charge is 0.248 e. The first-order valence-electron chi connectivity index (χ1n) is 6.13. The molecule has 1 aromatic rings. The Bertz CT molecular complexity index is 652. The second kappa shape index (κ2) is 6.27. The highest BCUT2D eigenvalue weighted by Gasteiger charge is 2.01. The van der Waals surface area contributed by atoms with Crippen LogP contribution in [-0.2, 0) is 6.42 Å². The molecule has 94 valence electrons. The van der Waals surface area contributed by atoms with Crippen LogP contribution < -0.4 is 0 Å². The summed E-state index contributed by atoms with van der Waals surface area (Å²) in [7, 11) is 0. The minimum atomic E-state index is 0.662. The van der Waals surface area contributed by atoms with Crippen molar-refractivity contribution < 1.29 is 0 Å². The van der Waals surface area contributed by atoms with Crippen LogP contribution in [0.1, 0.15) is 30.5 Å². The average Bonchev–Trinajstić information content (AvgIpc) is 2.44. The van der Waals surface area contributed by atoms with Crippen LogP contribution >= 0.6 is 11.8 Å². The van der Waals surface area contributed by atoms with Crippen LogP contribution in [0.4, 0.5) is 0 Å². The molecule has 1 heterocycles. The second-order valence-corrected chi connectivity index (χ2v) is 5.15. The summed E-state index contributed by atoms with van der Waals surface area (Å²) in [6.07, 6.45) is 0.903. The van der Waals surface area contributed by atoms with Crippen LogP contribution in [0.3, 0.4) is 0 Å². The van der Waals surface area contributed by atoms with E-state index in [0.29, 0.717) is 5.56 Å². The zero-order valence-electron chi connectivity index (χ0n) is 11.0. The lowest BCUT2D eigenvalue weighted by Gasteiger charge is -2.03. The van der Waals surface area contributed by atoms with Gasteiger partial charge in [0.05, 0.1) is 11.6 Å². The Labute approximate surface area is 118 Å². The Kier molecular flexibility index (Phi) is 4.44. The predicted molar refractivity (Wildman–Crippen MR) is 81.1 cm³/mol. The minimum absolute atomic E-state index is 0.662. The molecule has 2 nitrogen and oxygen atoms in total. The van der Waals surface area contributed by atoms with Gasteiger partial charge in [0.1, 0.15) is 5.70 Å². The quantitative estimate of drug-likeness (QED) is 0.729. The molecular weight excluding hydrogens is 252 g/mol. The summed E-state index contributed by atoms with van der Waals surface area (Å²) in [5, 5.41) is 11.0. The molecule has 1 aromatic carbocycles. The third kappa shape index (κ3) is 3.74. The molecule has 0 N–H and O–H groups in total. The summed E-state index contributed by atoms with van der Waals surface area (Å²) in [6.45, 7) is 4.08. The number of thioether (sulfide) groups is 1. The van der Waals surface area contributed by atoms with Crippen molar-refractivity contribution in [1.29, 1.82) is 5.26 Å². The van der Waals surface area contributed by atoms with Crippen molar-refractivity contribution in [2.24, 2.45) is 4.99 Å². The smallest absolute Gasteiger partial charge is 0.119 e. The van der Waals surface area contributed by atoms with Gasteiger partial charge in [0, 0.05) is 22.4 Å². The van der Waals surface area contributed by atoms with Crippen molar-refractivity contribution in [1.82, 2.24) is 0 Å². The molecule has 0 saturated carbocycles. The molecule has 3 heteroatoms. The molecule has 0 spiro atoms. The lowest BCUT2D eigenvalue weighted by molar-refractivity contribution is 1.13. The van der Waals surface area contributed by atoms with E-state index in [1.807, 2.05) is 30.5 Å². The second-order valence-electron chi connectivity index (χ2n) is 4.30. The van der Waals surface area contributed by atoms with Crippen LogP contribution in [0, 0.1) is 23.2 Å². The summed E-state index contributed by atoms with van der Waals surface area (Å²) in [5.41, 5.74) is 4.57. The molecule has 0 aliphatic carbocycles. The van der Waals surface area contributed by atoms with Gasteiger partial charge < -0.3 is 0 Å². The predicted octanol–water partition coefficient (Wildman–Crippen LogP) is 3.52. The summed E-state index contributed by atoms with van der Waals surface area (Å²) >= 11 is 1.71. The first-order valence-corrected chi connectivity index (χ1v) is 7.18. The van der Waals surface area contributed by atoms with Crippen molar-refractivity contribution in [2.45, 2.75) is 20.3 Å². The molecule has 0 bridgehead atoms. The van der Waals surface area contributed by atoms with Crippen LogP contribution in [-0.4, -0.2) is 11.5 Å². The molecule has 1 aliphatic rings. The zero-order chi connectivity index (χ0) is 13.7. The number of nitrogens with zero attached hydrogens (tertiary/aromatic N) is 2. The molecule has 19 heavy (non-hydrogen) atoms. The maximum atomic E-state index is 9.00. The van der Waals surface area contributed by atoms with Gasteiger partial charge in [-0.15, -0.1) is 11.8 Å². The molecular formula is C16H14N2S. The Morgan fingerprint density at radius 2 is 2.05 bits per heavy atom. The minimum Gasteiger partial charge on any atom is -0.248 e. The topological polar surface area (TPSA) is 36.1 Å². The number of hydrogen-bond acceptors (Lipinski definition) is 3. The highest BCUT2D eigenvalue weighted by molar-refractivity contribution is 8.02. The van der Waals surface area contributed by atoms with Gasteiger partial charge in [0.25, 0.3) is 0 Å². The third-order valence-corrected chi connectivity index (χ3v) is 3.64. The lowest BCUT2D eigenvalue weighted by atomic mass is 10.0. The van der Waals surface area contributed by atoms with Crippen molar-refractivity contribution >= 4 is 17.5 Å². The maximum Gasteiger partial charge on any atom is 0.119 e. The Balaban J connectivity index is 2.30. The number of nitriles is 1. The van der Waals surface area contributed by atoms with Gasteiger partial charge >= 0.3 is 0 Å². The zero-order valence-corrected chi connectivity index (χ0v) is 11.8. The molecule has 2 rings (SSSR count). The van der Waals surface area contributed by atoms with Gasteiger partial charge in [0.2, 0.25) is 0 Å². The van der Waals surface area contributed by atoms with Crippen LogP contribution in [0.2, 0.25) is 0 Å². The summed E-state index contributed by atoms with van der Waals surface area (Å²) in [6, 6.07) is 7.93. The van der Waals surface area contributed by atoms with Gasteiger partial charge in [0.15, 0.2) is 0 Å². The fourth-order valence-electron chi connectivity index (χ4n) is 1.73. The summed E-state index contributed by atoms with van der Waals surface area (Å²) < 4.78 is 0. The molecule has 0 unspecified atom stereocenters. The molecule has 0 fully saturated rings. The van der Waals surface area contributed by atoms with E-state index in [-0.39, 0.29) is 0 Å². The van der Waals surface area contributed by atoms with Crippen molar-refractivity contribution in [3.63, 3.8) is 0 Å². The molecule has 0 atom stereocenters. The van der Waals surface area contributed by atoms with E-state index in [4.69, 9.17) is 5.26 Å².